The second-order valence-corrected chi connectivity index (χ2v) is 3.58. The molecule has 0 heterocycles. The molecule has 0 amide bonds. The highest BCUT2D eigenvalue weighted by molar-refractivity contribution is 7.80. The minimum absolute atomic E-state index is 0.190. The molecule has 0 fully saturated rings. The number of aliphatic carboxylic acids is 2. The van der Waals surface area contributed by atoms with Crippen LogP contribution in [-0.2, 0) is 9.59 Å². The van der Waals surface area contributed by atoms with Crippen LogP contribution < -0.4 is 11.5 Å². The molecule has 0 rings (SSSR count). The van der Waals surface area contributed by atoms with Gasteiger partial charge < -0.3 is 21.7 Å². The maximum atomic E-state index is 10.1. The molecule has 0 spiro atoms. The van der Waals surface area contributed by atoms with Crippen molar-refractivity contribution in [3.63, 3.8) is 0 Å². The number of carbonyl (C=O) groups is 2. The fourth-order valence-corrected chi connectivity index (χ4v) is 0.782. The van der Waals surface area contributed by atoms with E-state index in [1.165, 1.54) is 0 Å². The lowest BCUT2D eigenvalue weighted by molar-refractivity contribution is -0.139. The van der Waals surface area contributed by atoms with Crippen molar-refractivity contribution in [2.75, 3.05) is 5.75 Å². The van der Waals surface area contributed by atoms with Crippen molar-refractivity contribution in [2.45, 2.75) is 38.3 Å². The first-order valence-corrected chi connectivity index (χ1v) is 5.57. The summed E-state index contributed by atoms with van der Waals surface area (Å²) in [5.74, 6) is -1.71. The van der Waals surface area contributed by atoms with Crippen LogP contribution in [0.1, 0.15) is 26.2 Å². The summed E-state index contributed by atoms with van der Waals surface area (Å²) in [5, 5.41) is 16.3. The quantitative estimate of drug-likeness (QED) is 0.421. The maximum absolute atomic E-state index is 10.1. The zero-order valence-electron chi connectivity index (χ0n) is 9.30. The van der Waals surface area contributed by atoms with Gasteiger partial charge >= 0.3 is 11.9 Å². The summed E-state index contributed by atoms with van der Waals surface area (Å²) in [4.78, 5) is 19.8. The molecular weight excluding hydrogens is 232 g/mol. The van der Waals surface area contributed by atoms with Gasteiger partial charge in [0.15, 0.2) is 0 Å². The summed E-state index contributed by atoms with van der Waals surface area (Å²) in [6.07, 6.45) is 2.49. The van der Waals surface area contributed by atoms with E-state index in [9.17, 15) is 9.59 Å². The van der Waals surface area contributed by atoms with Gasteiger partial charge in [-0.05, 0) is 6.42 Å². The number of thiol groups is 1. The smallest absolute Gasteiger partial charge is 0.321 e. The number of rotatable bonds is 6. The van der Waals surface area contributed by atoms with Crippen LogP contribution >= 0.6 is 12.6 Å². The van der Waals surface area contributed by atoms with E-state index in [4.69, 9.17) is 21.7 Å². The molecule has 0 aliphatic rings. The molecule has 0 unspecified atom stereocenters. The van der Waals surface area contributed by atoms with Gasteiger partial charge in [-0.1, -0.05) is 19.8 Å². The topological polar surface area (TPSA) is 127 Å². The molecule has 0 aliphatic carbocycles. The van der Waals surface area contributed by atoms with Gasteiger partial charge in [0.25, 0.3) is 0 Å². The lowest BCUT2D eigenvalue weighted by Crippen LogP contribution is -2.31. The molecular formula is C9H20N2O4S. The Bertz CT molecular complexity index is 214. The molecule has 7 heteroatoms. The second kappa shape index (κ2) is 10.7. The van der Waals surface area contributed by atoms with E-state index in [1.54, 1.807) is 0 Å². The van der Waals surface area contributed by atoms with Crippen molar-refractivity contribution in [3.8, 4) is 0 Å². The Kier molecular flexibility index (Phi) is 11.8. The predicted molar refractivity (Wildman–Crippen MR) is 64.6 cm³/mol. The molecule has 96 valence electrons. The van der Waals surface area contributed by atoms with Crippen LogP contribution in [-0.4, -0.2) is 40.0 Å². The van der Waals surface area contributed by atoms with Crippen LogP contribution in [0, 0.1) is 0 Å². The Hall–Kier alpha value is -0.790. The van der Waals surface area contributed by atoms with Crippen molar-refractivity contribution in [1.82, 2.24) is 0 Å². The van der Waals surface area contributed by atoms with E-state index in [-0.39, 0.29) is 5.75 Å². The Balaban J connectivity index is 0. The molecule has 2 atom stereocenters. The Morgan fingerprint density at radius 3 is 1.81 bits per heavy atom. The van der Waals surface area contributed by atoms with Crippen molar-refractivity contribution in [2.24, 2.45) is 11.5 Å². The number of carboxylic acids is 2. The van der Waals surface area contributed by atoms with E-state index in [2.05, 4.69) is 12.6 Å². The van der Waals surface area contributed by atoms with Gasteiger partial charge in [0.2, 0.25) is 0 Å². The van der Waals surface area contributed by atoms with Gasteiger partial charge in [-0.25, -0.2) is 0 Å². The van der Waals surface area contributed by atoms with Crippen molar-refractivity contribution in [1.29, 1.82) is 0 Å². The highest BCUT2D eigenvalue weighted by Gasteiger charge is 2.08. The Morgan fingerprint density at radius 1 is 1.19 bits per heavy atom. The number of hydrogen-bond acceptors (Lipinski definition) is 5. The molecule has 0 aromatic carbocycles. The van der Waals surface area contributed by atoms with E-state index < -0.39 is 24.0 Å². The van der Waals surface area contributed by atoms with E-state index in [0.717, 1.165) is 12.8 Å². The summed E-state index contributed by atoms with van der Waals surface area (Å²) in [5.41, 5.74) is 10.1. The molecule has 0 bridgehead atoms. The monoisotopic (exact) mass is 252 g/mol. The van der Waals surface area contributed by atoms with Crippen molar-refractivity contribution in [3.05, 3.63) is 0 Å². The molecule has 16 heavy (non-hydrogen) atoms. The van der Waals surface area contributed by atoms with Gasteiger partial charge in [0, 0.05) is 5.75 Å². The van der Waals surface area contributed by atoms with E-state index >= 15 is 0 Å². The lowest BCUT2D eigenvalue weighted by Gasteiger charge is -2.02. The Labute approximate surface area is 100 Å². The lowest BCUT2D eigenvalue weighted by atomic mass is 10.1. The van der Waals surface area contributed by atoms with E-state index in [0.29, 0.717) is 6.42 Å². The second-order valence-electron chi connectivity index (χ2n) is 3.21. The number of carboxylic acid groups (broad SMARTS) is 2. The minimum atomic E-state index is -1.00. The summed E-state index contributed by atoms with van der Waals surface area (Å²) in [6.45, 7) is 2.01. The molecule has 0 saturated heterocycles. The molecule has 0 radical (unpaired) electrons. The SMILES string of the molecule is CCCC[C@H](N)C(=O)O.N[C@@H](CS)C(=O)O. The fraction of sp³-hybridized carbons (Fsp3) is 0.778. The third-order valence-corrected chi connectivity index (χ3v) is 2.09. The molecule has 0 saturated carbocycles. The normalized spacial score (nSPS) is 13.2. The minimum Gasteiger partial charge on any atom is -0.480 e. The Morgan fingerprint density at radius 2 is 1.62 bits per heavy atom. The van der Waals surface area contributed by atoms with Gasteiger partial charge in [-0.3, -0.25) is 9.59 Å². The summed E-state index contributed by atoms with van der Waals surface area (Å²) >= 11 is 3.65. The fourth-order valence-electron chi connectivity index (χ4n) is 0.626. The zero-order valence-corrected chi connectivity index (χ0v) is 10.2. The standard InChI is InChI=1S/C6H13NO2.C3H7NO2S/c1-2-3-4-5(7)6(8)9;4-2(1-7)3(5)6/h5H,2-4,7H2,1H3,(H,8,9);2,7H,1,4H2,(H,5,6)/t5-;2-/m00/s1. The first-order valence-electron chi connectivity index (χ1n) is 4.94. The van der Waals surface area contributed by atoms with Gasteiger partial charge in [0.1, 0.15) is 12.1 Å². The van der Waals surface area contributed by atoms with Crippen LogP contribution in [0.4, 0.5) is 0 Å². The average Bonchev–Trinajstić information content (AvgIpc) is 2.25. The molecule has 6 nitrogen and oxygen atoms in total. The first-order chi connectivity index (χ1) is 7.36. The van der Waals surface area contributed by atoms with Crippen molar-refractivity contribution < 1.29 is 19.8 Å². The first kappa shape index (κ1) is 17.6. The molecule has 0 aromatic heterocycles. The third kappa shape index (κ3) is 11.3. The molecule has 0 aromatic rings. The summed E-state index contributed by atoms with van der Waals surface area (Å²) in [6, 6.07) is -1.48. The van der Waals surface area contributed by atoms with Crippen LogP contribution in [0.25, 0.3) is 0 Å². The summed E-state index contributed by atoms with van der Waals surface area (Å²) < 4.78 is 0. The van der Waals surface area contributed by atoms with Crippen molar-refractivity contribution >= 4 is 24.6 Å². The predicted octanol–water partition coefficient (Wildman–Crippen LogP) is -0.0834. The van der Waals surface area contributed by atoms with Crippen LogP contribution in [0.5, 0.6) is 0 Å². The number of hydrogen-bond donors (Lipinski definition) is 5. The molecule has 0 aliphatic heterocycles. The zero-order chi connectivity index (χ0) is 13.1. The average molecular weight is 252 g/mol. The molecule has 6 N–H and O–H groups in total. The maximum Gasteiger partial charge on any atom is 0.321 e. The van der Waals surface area contributed by atoms with Gasteiger partial charge in [0.05, 0.1) is 0 Å². The van der Waals surface area contributed by atoms with Crippen LogP contribution in [0.2, 0.25) is 0 Å². The number of unbranched alkanes of at least 4 members (excludes halogenated alkanes) is 1. The van der Waals surface area contributed by atoms with Gasteiger partial charge in [-0.2, -0.15) is 12.6 Å². The third-order valence-electron chi connectivity index (χ3n) is 1.70. The number of nitrogens with two attached hydrogens (primary N) is 2. The highest BCUT2D eigenvalue weighted by atomic mass is 32.1. The largest absolute Gasteiger partial charge is 0.480 e. The summed E-state index contributed by atoms with van der Waals surface area (Å²) in [7, 11) is 0. The van der Waals surface area contributed by atoms with Gasteiger partial charge in [-0.15, -0.1) is 0 Å². The highest BCUT2D eigenvalue weighted by Crippen LogP contribution is 1.96. The van der Waals surface area contributed by atoms with Crippen LogP contribution in [0.3, 0.4) is 0 Å². The van der Waals surface area contributed by atoms with Crippen LogP contribution in [0.15, 0.2) is 0 Å². The van der Waals surface area contributed by atoms with E-state index in [1.807, 2.05) is 6.92 Å².